The van der Waals surface area contributed by atoms with Crippen LogP contribution in [0.15, 0.2) is 15.4 Å². The molecule has 0 radical (unpaired) electrons. The monoisotopic (exact) mass is 300 g/mol. The summed E-state index contributed by atoms with van der Waals surface area (Å²) in [6.45, 7) is 6.22. The number of sulfonamides is 1. The molecule has 2 rings (SSSR count). The largest absolute Gasteiger partial charge is 0.455 e. The van der Waals surface area contributed by atoms with Crippen LogP contribution in [0.5, 0.6) is 0 Å². The zero-order chi connectivity index (χ0) is 15.1. The lowest BCUT2D eigenvalue weighted by Crippen LogP contribution is -2.44. The second kappa shape index (κ2) is 5.21. The van der Waals surface area contributed by atoms with E-state index in [9.17, 15) is 13.2 Å². The summed E-state index contributed by atoms with van der Waals surface area (Å²) < 4.78 is 28.0. The van der Waals surface area contributed by atoms with E-state index < -0.39 is 10.0 Å². The number of hydrogen-bond acceptors (Lipinski definition) is 4. The molecular weight excluding hydrogens is 280 g/mol. The predicted octanol–water partition coefficient (Wildman–Crippen LogP) is 1.50. The Labute approximate surface area is 119 Å². The molecule has 2 N–H and O–H groups in total. The van der Waals surface area contributed by atoms with Crippen LogP contribution in [0.25, 0.3) is 0 Å². The summed E-state index contributed by atoms with van der Waals surface area (Å²) in [7, 11) is -3.87. The highest BCUT2D eigenvalue weighted by Crippen LogP contribution is 2.25. The first-order valence-corrected chi connectivity index (χ1v) is 8.19. The summed E-state index contributed by atoms with van der Waals surface area (Å²) in [4.78, 5) is 14.1. The highest BCUT2D eigenvalue weighted by molar-refractivity contribution is 7.89. The average molecular weight is 300 g/mol. The van der Waals surface area contributed by atoms with Gasteiger partial charge in [0, 0.05) is 18.7 Å². The zero-order valence-electron chi connectivity index (χ0n) is 11.9. The van der Waals surface area contributed by atoms with Gasteiger partial charge in [-0.2, -0.15) is 0 Å². The molecule has 1 aromatic heterocycles. The van der Waals surface area contributed by atoms with Crippen molar-refractivity contribution >= 4 is 15.9 Å². The smallest absolute Gasteiger partial charge is 0.289 e. The van der Waals surface area contributed by atoms with Gasteiger partial charge in [-0.3, -0.25) is 4.79 Å². The molecule has 0 bridgehead atoms. The molecule has 0 spiro atoms. The maximum Gasteiger partial charge on any atom is 0.289 e. The van der Waals surface area contributed by atoms with Crippen LogP contribution in [-0.4, -0.2) is 31.8 Å². The Balaban J connectivity index is 2.30. The highest BCUT2D eigenvalue weighted by atomic mass is 32.2. The van der Waals surface area contributed by atoms with E-state index in [0.29, 0.717) is 12.5 Å². The molecule has 0 aliphatic carbocycles. The topological polar surface area (TPSA) is 93.6 Å². The number of carbonyl (C=O) groups excluding carboxylic acids is 1. The van der Waals surface area contributed by atoms with Gasteiger partial charge in [0.2, 0.25) is 10.0 Å². The van der Waals surface area contributed by atoms with Crippen LogP contribution in [0, 0.1) is 12.8 Å². The third-order valence-electron chi connectivity index (χ3n) is 3.77. The molecule has 6 nitrogen and oxygen atoms in total. The van der Waals surface area contributed by atoms with Gasteiger partial charge in [-0.25, -0.2) is 13.6 Å². The minimum Gasteiger partial charge on any atom is -0.455 e. The summed E-state index contributed by atoms with van der Waals surface area (Å²) >= 11 is 0. The molecule has 1 aromatic rings. The third-order valence-corrected chi connectivity index (χ3v) is 4.79. The van der Waals surface area contributed by atoms with Crippen LogP contribution in [0.1, 0.15) is 43.0 Å². The molecule has 0 saturated carbocycles. The van der Waals surface area contributed by atoms with E-state index in [2.05, 4.69) is 6.92 Å². The van der Waals surface area contributed by atoms with Gasteiger partial charge in [0.1, 0.15) is 10.7 Å². The van der Waals surface area contributed by atoms with E-state index in [1.54, 1.807) is 4.90 Å². The van der Waals surface area contributed by atoms with Crippen molar-refractivity contribution in [1.82, 2.24) is 4.90 Å². The molecule has 0 aromatic carbocycles. The first-order valence-electron chi connectivity index (χ1n) is 6.64. The molecule has 2 unspecified atom stereocenters. The molecule has 1 fully saturated rings. The second-order valence-corrected chi connectivity index (χ2v) is 7.09. The molecule has 2 atom stereocenters. The van der Waals surface area contributed by atoms with Gasteiger partial charge in [-0.05, 0) is 32.6 Å². The number of piperidine rings is 1. The Kier molecular flexibility index (Phi) is 3.93. The lowest BCUT2D eigenvalue weighted by Gasteiger charge is -2.36. The Morgan fingerprint density at radius 3 is 2.60 bits per heavy atom. The second-order valence-electron chi connectivity index (χ2n) is 5.57. The van der Waals surface area contributed by atoms with Crippen molar-refractivity contribution in [2.24, 2.45) is 11.1 Å². The van der Waals surface area contributed by atoms with Gasteiger partial charge in [-0.15, -0.1) is 0 Å². The molecule has 2 heterocycles. The standard InChI is InChI=1S/C13H20N2O4S/c1-8-4-5-9(2)15(7-8)13(16)11-6-12(10(3)19-11)20(14,17)18/h6,8-9H,4-5,7H2,1-3H3,(H2,14,17,18). The number of likely N-dealkylation sites (tertiary alicyclic amines) is 1. The molecule has 1 aliphatic rings. The first kappa shape index (κ1) is 15.1. The Bertz CT molecular complexity index is 620. The van der Waals surface area contributed by atoms with Crippen molar-refractivity contribution in [3.8, 4) is 0 Å². The third kappa shape index (κ3) is 2.88. The van der Waals surface area contributed by atoms with Gasteiger partial charge >= 0.3 is 0 Å². The van der Waals surface area contributed by atoms with Crippen molar-refractivity contribution in [2.45, 2.75) is 44.6 Å². The van der Waals surface area contributed by atoms with Gasteiger partial charge in [0.25, 0.3) is 5.91 Å². The number of nitrogens with two attached hydrogens (primary N) is 1. The van der Waals surface area contributed by atoms with Crippen molar-refractivity contribution in [3.63, 3.8) is 0 Å². The molecule has 7 heteroatoms. The van der Waals surface area contributed by atoms with Crippen molar-refractivity contribution in [3.05, 3.63) is 17.6 Å². The van der Waals surface area contributed by atoms with Crippen LogP contribution < -0.4 is 5.14 Å². The molecular formula is C13H20N2O4S. The Morgan fingerprint density at radius 1 is 1.40 bits per heavy atom. The number of carbonyl (C=O) groups is 1. The number of rotatable bonds is 2. The lowest BCUT2D eigenvalue weighted by molar-refractivity contribution is 0.0540. The van der Waals surface area contributed by atoms with Crippen molar-refractivity contribution in [2.75, 3.05) is 6.54 Å². The van der Waals surface area contributed by atoms with Crippen LogP contribution in [0.4, 0.5) is 0 Å². The van der Waals surface area contributed by atoms with E-state index in [1.807, 2.05) is 6.92 Å². The fourth-order valence-electron chi connectivity index (χ4n) is 2.57. The van der Waals surface area contributed by atoms with Gasteiger partial charge in [0.15, 0.2) is 5.76 Å². The SMILES string of the molecule is Cc1oc(C(=O)N2CC(C)CCC2C)cc1S(N)(=O)=O. The number of nitrogens with zero attached hydrogens (tertiary/aromatic N) is 1. The summed E-state index contributed by atoms with van der Waals surface area (Å²) in [5, 5.41) is 5.09. The van der Waals surface area contributed by atoms with Crippen LogP contribution in [0.2, 0.25) is 0 Å². The van der Waals surface area contributed by atoms with Crippen molar-refractivity contribution < 1.29 is 17.6 Å². The summed E-state index contributed by atoms with van der Waals surface area (Å²) in [5.41, 5.74) is 0. The molecule has 1 amide bonds. The number of aryl methyl sites for hydroxylation is 1. The summed E-state index contributed by atoms with van der Waals surface area (Å²) in [6.07, 6.45) is 2.03. The molecule has 112 valence electrons. The molecule has 1 saturated heterocycles. The van der Waals surface area contributed by atoms with Crippen LogP contribution in [0.3, 0.4) is 0 Å². The molecule has 1 aliphatic heterocycles. The van der Waals surface area contributed by atoms with Crippen LogP contribution in [-0.2, 0) is 10.0 Å². The fraction of sp³-hybridized carbons (Fsp3) is 0.615. The minimum absolute atomic E-state index is 0.0347. The van der Waals surface area contributed by atoms with Crippen molar-refractivity contribution in [1.29, 1.82) is 0 Å². The number of amides is 1. The normalized spacial score (nSPS) is 23.9. The quantitative estimate of drug-likeness (QED) is 0.895. The number of primary sulfonamides is 1. The van der Waals surface area contributed by atoms with E-state index >= 15 is 0 Å². The lowest BCUT2D eigenvalue weighted by atomic mass is 9.95. The first-order chi connectivity index (χ1) is 9.20. The minimum atomic E-state index is -3.87. The fourth-order valence-corrected chi connectivity index (χ4v) is 3.28. The van der Waals surface area contributed by atoms with Gasteiger partial charge in [-0.1, -0.05) is 6.92 Å². The van der Waals surface area contributed by atoms with Gasteiger partial charge < -0.3 is 9.32 Å². The Morgan fingerprint density at radius 2 is 2.05 bits per heavy atom. The maximum absolute atomic E-state index is 12.4. The highest BCUT2D eigenvalue weighted by Gasteiger charge is 2.30. The zero-order valence-corrected chi connectivity index (χ0v) is 12.7. The Hall–Kier alpha value is -1.34. The van der Waals surface area contributed by atoms with Crippen LogP contribution >= 0.6 is 0 Å². The average Bonchev–Trinajstić information content (AvgIpc) is 2.73. The maximum atomic E-state index is 12.4. The van der Waals surface area contributed by atoms with E-state index in [0.717, 1.165) is 12.8 Å². The van der Waals surface area contributed by atoms with E-state index in [4.69, 9.17) is 9.56 Å². The van der Waals surface area contributed by atoms with Gasteiger partial charge in [0.05, 0.1) is 0 Å². The number of hydrogen-bond donors (Lipinski definition) is 1. The predicted molar refractivity (Wildman–Crippen MR) is 73.7 cm³/mol. The summed E-state index contributed by atoms with van der Waals surface area (Å²) in [6, 6.07) is 1.35. The van der Waals surface area contributed by atoms with E-state index in [1.165, 1.54) is 13.0 Å². The number of furan rings is 1. The van der Waals surface area contributed by atoms with E-state index in [-0.39, 0.29) is 28.4 Å². The molecule has 20 heavy (non-hydrogen) atoms. The summed E-state index contributed by atoms with van der Waals surface area (Å²) in [5.74, 6) is 0.340.